The summed E-state index contributed by atoms with van der Waals surface area (Å²) in [7, 11) is 0. The minimum atomic E-state index is 0.620. The lowest BCUT2D eigenvalue weighted by molar-refractivity contribution is 1.32. The van der Waals surface area contributed by atoms with E-state index >= 15 is 0 Å². The van der Waals surface area contributed by atoms with Crippen LogP contribution in [0.2, 0.25) is 0 Å². The Labute approximate surface area is 246 Å². The van der Waals surface area contributed by atoms with Gasteiger partial charge >= 0.3 is 0 Å². The Hall–Kier alpha value is -6.05. The highest BCUT2D eigenvalue weighted by Crippen LogP contribution is 2.37. The summed E-state index contributed by atoms with van der Waals surface area (Å²) in [5.74, 6) is 0. The zero-order chi connectivity index (χ0) is 28.5. The molecule has 0 saturated heterocycles. The first-order valence-corrected chi connectivity index (χ1v) is 14.3. The Kier molecular flexibility index (Phi) is 4.93. The Morgan fingerprint density at radius 1 is 0.488 bits per heavy atom. The van der Waals surface area contributed by atoms with E-state index in [4.69, 9.17) is 16.5 Å². The van der Waals surface area contributed by atoms with Crippen LogP contribution >= 0.6 is 0 Å². The predicted molar refractivity (Wildman–Crippen MR) is 178 cm³/mol. The van der Waals surface area contributed by atoms with Crippen LogP contribution in [0.3, 0.4) is 0 Å². The van der Waals surface area contributed by atoms with Gasteiger partial charge in [-0.15, -0.1) is 0 Å². The predicted octanol–water partition coefficient (Wildman–Crippen LogP) is 10.4. The summed E-state index contributed by atoms with van der Waals surface area (Å²) >= 11 is 0. The van der Waals surface area contributed by atoms with E-state index in [1.807, 2.05) is 42.5 Å². The summed E-state index contributed by atoms with van der Waals surface area (Å²) in [6.45, 7) is 7.62. The van der Waals surface area contributed by atoms with Gasteiger partial charge < -0.3 is 0 Å². The van der Waals surface area contributed by atoms with Crippen LogP contribution in [0.1, 0.15) is 0 Å². The van der Waals surface area contributed by atoms with Gasteiger partial charge in [-0.2, -0.15) is 0 Å². The monoisotopic (exact) mass is 546 g/mol. The highest BCUT2D eigenvalue weighted by molar-refractivity contribution is 6.15. The maximum atomic E-state index is 7.62. The van der Waals surface area contributed by atoms with Crippen LogP contribution in [0.25, 0.3) is 87.3 Å². The Bertz CT molecular complexity index is 2640. The second-order valence-corrected chi connectivity index (χ2v) is 11.0. The van der Waals surface area contributed by atoms with Gasteiger partial charge in [0.15, 0.2) is 5.69 Å². The first-order chi connectivity index (χ1) is 21.2. The van der Waals surface area contributed by atoms with Crippen LogP contribution in [0, 0.1) is 6.57 Å². The van der Waals surface area contributed by atoms with E-state index in [2.05, 4.69) is 100 Å². The second-order valence-electron chi connectivity index (χ2n) is 11.0. The van der Waals surface area contributed by atoms with E-state index in [1.165, 1.54) is 10.8 Å². The zero-order valence-electron chi connectivity index (χ0n) is 23.0. The van der Waals surface area contributed by atoms with Gasteiger partial charge in [-0.1, -0.05) is 78.9 Å². The van der Waals surface area contributed by atoms with Crippen molar-refractivity contribution in [3.63, 3.8) is 0 Å². The first-order valence-electron chi connectivity index (χ1n) is 14.3. The Balaban J connectivity index is 1.20. The SMILES string of the molecule is [C-]#[N+]c1ccc2c3cc(-c4ccc5cc(-c6ccc7ccccc7n6)ccc5c4)ccc3c3nc4ccccc4n3c2c1. The summed E-state index contributed by atoms with van der Waals surface area (Å²) in [6.07, 6.45) is 0. The minimum Gasteiger partial charge on any atom is -0.293 e. The molecular weight excluding hydrogens is 524 g/mol. The number of pyridine rings is 2. The summed E-state index contributed by atoms with van der Waals surface area (Å²) < 4.78 is 2.19. The Morgan fingerprint density at radius 3 is 2.07 bits per heavy atom. The molecule has 4 nitrogen and oxygen atoms in total. The van der Waals surface area contributed by atoms with Crippen molar-refractivity contribution in [2.45, 2.75) is 0 Å². The fourth-order valence-corrected chi connectivity index (χ4v) is 6.41. The average Bonchev–Trinajstić information content (AvgIpc) is 3.47. The largest absolute Gasteiger partial charge is 0.293 e. The number of aromatic nitrogens is 3. The van der Waals surface area contributed by atoms with Gasteiger partial charge in [0.2, 0.25) is 0 Å². The molecular formula is C39H22N4. The number of nitrogens with zero attached hydrogens (tertiary/aromatic N) is 4. The molecule has 0 atom stereocenters. The molecule has 0 N–H and O–H groups in total. The molecule has 4 heteroatoms. The van der Waals surface area contributed by atoms with Crippen molar-refractivity contribution >= 4 is 65.7 Å². The summed E-state index contributed by atoms with van der Waals surface area (Å²) in [5.41, 5.74) is 9.91. The fourth-order valence-electron chi connectivity index (χ4n) is 6.41. The number of rotatable bonds is 2. The van der Waals surface area contributed by atoms with Crippen molar-refractivity contribution < 1.29 is 0 Å². The molecule has 0 fully saturated rings. The molecule has 0 saturated carbocycles. The molecule has 198 valence electrons. The molecule has 43 heavy (non-hydrogen) atoms. The van der Waals surface area contributed by atoms with Crippen LogP contribution in [-0.2, 0) is 0 Å². The van der Waals surface area contributed by atoms with Crippen molar-refractivity contribution in [3.8, 4) is 22.4 Å². The molecule has 0 unspecified atom stereocenters. The first kappa shape index (κ1) is 23.6. The van der Waals surface area contributed by atoms with Crippen LogP contribution in [-0.4, -0.2) is 14.4 Å². The molecule has 6 aromatic carbocycles. The molecule has 0 aliphatic heterocycles. The number of fused-ring (bicyclic) bond motifs is 10. The fraction of sp³-hybridized carbons (Fsp3) is 0. The van der Waals surface area contributed by atoms with E-state index in [0.717, 1.165) is 71.6 Å². The van der Waals surface area contributed by atoms with Crippen molar-refractivity contribution in [1.29, 1.82) is 0 Å². The van der Waals surface area contributed by atoms with E-state index < -0.39 is 0 Å². The third-order valence-corrected chi connectivity index (χ3v) is 8.53. The molecule has 0 bridgehead atoms. The van der Waals surface area contributed by atoms with Gasteiger partial charge in [0.25, 0.3) is 0 Å². The average molecular weight is 547 g/mol. The highest BCUT2D eigenvalue weighted by atomic mass is 15.0. The minimum absolute atomic E-state index is 0.620. The quantitative estimate of drug-likeness (QED) is 0.160. The number of benzene rings is 6. The van der Waals surface area contributed by atoms with Gasteiger partial charge in [0.05, 0.1) is 28.8 Å². The maximum Gasteiger partial charge on any atom is 0.189 e. The van der Waals surface area contributed by atoms with Gasteiger partial charge in [0.1, 0.15) is 5.65 Å². The number of para-hydroxylation sites is 3. The third-order valence-electron chi connectivity index (χ3n) is 8.53. The molecule has 3 heterocycles. The molecule has 0 aliphatic carbocycles. The standard InChI is InChI=1S/C39H22N4/c1-40-30-16-18-31-33-22-28(14-17-32(33)39-42-36-8-4-5-9-37(36)43(39)38(31)23-30)26-10-11-27-21-29(13-12-25(27)20-26)35-19-15-24-6-2-3-7-34(24)41-35/h2-23H. The topological polar surface area (TPSA) is 34.5 Å². The lowest BCUT2D eigenvalue weighted by Crippen LogP contribution is -1.92. The number of hydrogen-bond acceptors (Lipinski definition) is 2. The van der Waals surface area contributed by atoms with Gasteiger partial charge in [-0.25, -0.2) is 14.8 Å². The molecule has 0 spiro atoms. The summed E-state index contributed by atoms with van der Waals surface area (Å²) in [4.78, 5) is 13.6. The van der Waals surface area contributed by atoms with E-state index in [0.29, 0.717) is 5.69 Å². The molecule has 9 rings (SSSR count). The molecule has 9 aromatic rings. The smallest absolute Gasteiger partial charge is 0.189 e. The van der Waals surface area contributed by atoms with E-state index in [1.54, 1.807) is 0 Å². The summed E-state index contributed by atoms with van der Waals surface area (Å²) in [5, 5.41) is 6.84. The van der Waals surface area contributed by atoms with Crippen molar-refractivity contribution in [1.82, 2.24) is 14.4 Å². The van der Waals surface area contributed by atoms with Crippen molar-refractivity contribution in [2.75, 3.05) is 0 Å². The normalized spacial score (nSPS) is 11.7. The second kappa shape index (κ2) is 8.97. The zero-order valence-corrected chi connectivity index (χ0v) is 23.0. The third kappa shape index (κ3) is 3.62. The van der Waals surface area contributed by atoms with E-state index in [-0.39, 0.29) is 0 Å². The van der Waals surface area contributed by atoms with Crippen LogP contribution in [0.5, 0.6) is 0 Å². The van der Waals surface area contributed by atoms with Crippen LogP contribution in [0.4, 0.5) is 5.69 Å². The molecule has 3 aromatic heterocycles. The van der Waals surface area contributed by atoms with Crippen LogP contribution in [0.15, 0.2) is 133 Å². The highest BCUT2D eigenvalue weighted by Gasteiger charge is 2.15. The van der Waals surface area contributed by atoms with Crippen molar-refractivity contribution in [3.05, 3.63) is 145 Å². The van der Waals surface area contributed by atoms with Crippen LogP contribution < -0.4 is 0 Å². The molecule has 0 radical (unpaired) electrons. The van der Waals surface area contributed by atoms with Crippen molar-refractivity contribution in [2.24, 2.45) is 0 Å². The number of imidazole rings is 1. The number of hydrogen-bond donors (Lipinski definition) is 0. The summed E-state index contributed by atoms with van der Waals surface area (Å²) in [6, 6.07) is 46.5. The Morgan fingerprint density at radius 2 is 1.19 bits per heavy atom. The maximum absolute atomic E-state index is 7.62. The van der Waals surface area contributed by atoms with E-state index in [9.17, 15) is 0 Å². The molecule has 0 amide bonds. The van der Waals surface area contributed by atoms with Gasteiger partial charge in [-0.05, 0) is 81.9 Å². The molecule has 0 aliphatic rings. The van der Waals surface area contributed by atoms with Gasteiger partial charge in [0, 0.05) is 27.2 Å². The lowest BCUT2D eigenvalue weighted by atomic mass is 9.96. The lowest BCUT2D eigenvalue weighted by Gasteiger charge is -2.12. The van der Waals surface area contributed by atoms with Gasteiger partial charge in [-0.3, -0.25) is 4.40 Å².